The van der Waals surface area contributed by atoms with E-state index < -0.39 is 28.1 Å². The predicted octanol–water partition coefficient (Wildman–Crippen LogP) is 1.40. The number of ether oxygens (including phenoxy) is 3. The summed E-state index contributed by atoms with van der Waals surface area (Å²) >= 11 is 0. The van der Waals surface area contributed by atoms with Gasteiger partial charge in [-0.2, -0.15) is 4.31 Å². The van der Waals surface area contributed by atoms with Crippen molar-refractivity contribution in [2.24, 2.45) is 0 Å². The lowest BCUT2D eigenvalue weighted by Gasteiger charge is -2.34. The summed E-state index contributed by atoms with van der Waals surface area (Å²) in [5, 5.41) is 10.3. The highest BCUT2D eigenvalue weighted by Crippen LogP contribution is 2.19. The fourth-order valence-electron chi connectivity index (χ4n) is 3.63. The first kappa shape index (κ1) is 26.6. The van der Waals surface area contributed by atoms with E-state index in [0.29, 0.717) is 36.5 Å². The molecule has 190 valence electrons. The second-order valence-electron chi connectivity index (χ2n) is 7.93. The fourth-order valence-corrected chi connectivity index (χ4v) is 5.05. The zero-order chi connectivity index (χ0) is 25.4. The van der Waals surface area contributed by atoms with Gasteiger partial charge >= 0.3 is 11.9 Å². The summed E-state index contributed by atoms with van der Waals surface area (Å²) < 4.78 is 42.5. The summed E-state index contributed by atoms with van der Waals surface area (Å²) in [6.07, 6.45) is -0.770. The molecule has 0 radical (unpaired) electrons. The van der Waals surface area contributed by atoms with Crippen molar-refractivity contribution in [3.8, 4) is 5.75 Å². The highest BCUT2D eigenvalue weighted by atomic mass is 32.2. The van der Waals surface area contributed by atoms with Crippen molar-refractivity contribution in [3.63, 3.8) is 0 Å². The Kier molecular flexibility index (Phi) is 9.21. The topological polar surface area (TPSA) is 123 Å². The monoisotopic (exact) mass is 506 g/mol. The highest BCUT2D eigenvalue weighted by molar-refractivity contribution is 7.89. The van der Waals surface area contributed by atoms with E-state index in [9.17, 15) is 23.1 Å². The third kappa shape index (κ3) is 7.01. The molecular formula is C24H30N2O8S. The number of carbonyl (C=O) groups is 2. The Hall–Kier alpha value is -2.99. The van der Waals surface area contributed by atoms with Gasteiger partial charge < -0.3 is 19.3 Å². The third-order valence-electron chi connectivity index (χ3n) is 5.52. The Morgan fingerprint density at radius 1 is 0.943 bits per heavy atom. The van der Waals surface area contributed by atoms with Gasteiger partial charge in [-0.05, 0) is 55.5 Å². The third-order valence-corrected chi connectivity index (χ3v) is 7.43. The smallest absolute Gasteiger partial charge is 0.338 e. The number of piperazine rings is 1. The maximum absolute atomic E-state index is 13.0. The summed E-state index contributed by atoms with van der Waals surface area (Å²) in [4.78, 5) is 25.3. The molecule has 0 aliphatic carbocycles. The van der Waals surface area contributed by atoms with Crippen LogP contribution in [0.25, 0.3) is 0 Å². The van der Waals surface area contributed by atoms with Gasteiger partial charge in [0.05, 0.1) is 29.7 Å². The molecular weight excluding hydrogens is 476 g/mol. The molecule has 2 aromatic rings. The summed E-state index contributed by atoms with van der Waals surface area (Å²) in [6.45, 7) is 3.83. The zero-order valence-electron chi connectivity index (χ0n) is 19.8. The Morgan fingerprint density at radius 3 is 2.09 bits per heavy atom. The average molecular weight is 507 g/mol. The van der Waals surface area contributed by atoms with Crippen LogP contribution in [-0.2, 0) is 19.5 Å². The Bertz CT molecular complexity index is 1100. The summed E-state index contributed by atoms with van der Waals surface area (Å²) in [5.41, 5.74) is 0.703. The lowest BCUT2D eigenvalue weighted by Crippen LogP contribution is -2.50. The first-order chi connectivity index (χ1) is 16.7. The van der Waals surface area contributed by atoms with E-state index in [-0.39, 0.29) is 31.2 Å². The Morgan fingerprint density at radius 2 is 1.51 bits per heavy atom. The van der Waals surface area contributed by atoms with Gasteiger partial charge in [-0.25, -0.2) is 18.0 Å². The van der Waals surface area contributed by atoms with E-state index in [1.807, 2.05) is 4.90 Å². The average Bonchev–Trinajstić information content (AvgIpc) is 2.88. The van der Waals surface area contributed by atoms with Gasteiger partial charge in [0.15, 0.2) is 0 Å². The lowest BCUT2D eigenvalue weighted by molar-refractivity contribution is 0.0525. The van der Waals surface area contributed by atoms with E-state index in [4.69, 9.17) is 9.47 Å². The number of hydrogen-bond acceptors (Lipinski definition) is 9. The van der Waals surface area contributed by atoms with E-state index in [1.165, 1.54) is 35.7 Å². The van der Waals surface area contributed by atoms with Crippen molar-refractivity contribution >= 4 is 22.0 Å². The molecule has 0 aromatic heterocycles. The van der Waals surface area contributed by atoms with Gasteiger partial charge in [-0.3, -0.25) is 4.90 Å². The number of aliphatic hydroxyl groups excluding tert-OH is 1. The Labute approximate surface area is 205 Å². The number of aliphatic hydroxyl groups is 1. The molecule has 3 rings (SSSR count). The molecule has 11 heteroatoms. The summed E-state index contributed by atoms with van der Waals surface area (Å²) in [7, 11) is -2.38. The van der Waals surface area contributed by atoms with Gasteiger partial charge in [0, 0.05) is 32.7 Å². The molecule has 1 atom stereocenters. The number of rotatable bonds is 10. The number of benzene rings is 2. The molecule has 1 aliphatic heterocycles. The van der Waals surface area contributed by atoms with Crippen molar-refractivity contribution in [1.29, 1.82) is 0 Å². The SMILES string of the molecule is CCOC(=O)c1ccc(S(=O)(=O)N2CCN(C[C@H](O)COc3ccc(C(=O)OC)cc3)CC2)cc1. The first-order valence-electron chi connectivity index (χ1n) is 11.2. The quantitative estimate of drug-likeness (QED) is 0.476. The zero-order valence-corrected chi connectivity index (χ0v) is 20.6. The molecule has 35 heavy (non-hydrogen) atoms. The number of hydrogen-bond donors (Lipinski definition) is 1. The van der Waals surface area contributed by atoms with Crippen LogP contribution < -0.4 is 4.74 Å². The van der Waals surface area contributed by atoms with Crippen LogP contribution in [0.1, 0.15) is 27.6 Å². The fraction of sp³-hybridized carbons (Fsp3) is 0.417. The molecule has 0 bridgehead atoms. The van der Waals surface area contributed by atoms with Gasteiger partial charge in [0.1, 0.15) is 18.5 Å². The number of carbonyl (C=O) groups excluding carboxylic acids is 2. The van der Waals surface area contributed by atoms with Crippen LogP contribution in [0.4, 0.5) is 0 Å². The van der Waals surface area contributed by atoms with Gasteiger partial charge in [-0.15, -0.1) is 0 Å². The molecule has 1 heterocycles. The molecule has 1 N–H and O–H groups in total. The maximum Gasteiger partial charge on any atom is 0.338 e. The first-order valence-corrected chi connectivity index (χ1v) is 12.7. The van der Waals surface area contributed by atoms with Gasteiger partial charge in [0.25, 0.3) is 0 Å². The number of β-amino-alcohol motifs (C(OH)–C–C–N with tert-alkyl or cyclic N) is 1. The molecule has 0 saturated carbocycles. The van der Waals surface area contributed by atoms with E-state index in [0.717, 1.165) is 0 Å². The number of nitrogens with zero attached hydrogens (tertiary/aromatic N) is 2. The second-order valence-corrected chi connectivity index (χ2v) is 9.87. The van der Waals surface area contributed by atoms with Gasteiger partial charge in [-0.1, -0.05) is 0 Å². The van der Waals surface area contributed by atoms with Gasteiger partial charge in [0.2, 0.25) is 10.0 Å². The van der Waals surface area contributed by atoms with Crippen molar-refractivity contribution in [3.05, 3.63) is 59.7 Å². The van der Waals surface area contributed by atoms with E-state index >= 15 is 0 Å². The highest BCUT2D eigenvalue weighted by Gasteiger charge is 2.29. The van der Waals surface area contributed by atoms with Crippen molar-refractivity contribution in [1.82, 2.24) is 9.21 Å². The van der Waals surface area contributed by atoms with Crippen LogP contribution in [0, 0.1) is 0 Å². The number of methoxy groups -OCH3 is 1. The number of esters is 2. The Balaban J connectivity index is 1.46. The minimum absolute atomic E-state index is 0.0584. The normalized spacial score (nSPS) is 15.9. The second kappa shape index (κ2) is 12.1. The van der Waals surface area contributed by atoms with E-state index in [2.05, 4.69) is 4.74 Å². The van der Waals surface area contributed by atoms with Crippen molar-refractivity contribution in [2.75, 3.05) is 53.0 Å². The standard InChI is InChI=1S/C24H30N2O8S/c1-3-33-24(29)19-6-10-22(11-7-19)35(30,31)26-14-12-25(13-15-26)16-20(27)17-34-21-8-4-18(5-9-21)23(28)32-2/h4-11,20,27H,3,12-17H2,1-2H3/t20-/m0/s1. The van der Waals surface area contributed by atoms with Crippen LogP contribution in [0.3, 0.4) is 0 Å². The van der Waals surface area contributed by atoms with Crippen LogP contribution in [0.2, 0.25) is 0 Å². The van der Waals surface area contributed by atoms with Crippen molar-refractivity contribution < 1.29 is 37.3 Å². The van der Waals surface area contributed by atoms with Crippen LogP contribution in [-0.4, -0.2) is 93.8 Å². The predicted molar refractivity (Wildman–Crippen MR) is 127 cm³/mol. The lowest BCUT2D eigenvalue weighted by atomic mass is 10.2. The van der Waals surface area contributed by atoms with Crippen LogP contribution in [0.5, 0.6) is 5.75 Å². The molecule has 1 fully saturated rings. The molecule has 1 saturated heterocycles. The minimum Gasteiger partial charge on any atom is -0.491 e. The summed E-state index contributed by atoms with van der Waals surface area (Å²) in [6, 6.07) is 12.1. The molecule has 0 unspecified atom stereocenters. The largest absolute Gasteiger partial charge is 0.491 e. The molecule has 0 spiro atoms. The molecule has 2 aromatic carbocycles. The van der Waals surface area contributed by atoms with Crippen LogP contribution in [0.15, 0.2) is 53.4 Å². The molecule has 1 aliphatic rings. The van der Waals surface area contributed by atoms with Crippen LogP contribution >= 0.6 is 0 Å². The summed E-state index contributed by atoms with van der Waals surface area (Å²) in [5.74, 6) is -0.418. The molecule has 0 amide bonds. The number of sulfonamides is 1. The molecule has 10 nitrogen and oxygen atoms in total. The maximum atomic E-state index is 13.0. The minimum atomic E-state index is -3.69. The van der Waals surface area contributed by atoms with Crippen molar-refractivity contribution in [2.45, 2.75) is 17.9 Å². The van der Waals surface area contributed by atoms with E-state index in [1.54, 1.807) is 31.2 Å².